The maximum absolute atomic E-state index is 13.0. The Morgan fingerprint density at radius 1 is 1.15 bits per heavy atom. The summed E-state index contributed by atoms with van der Waals surface area (Å²) < 4.78 is 6.25. The average Bonchev–Trinajstić information content (AvgIpc) is 3.44. The Morgan fingerprint density at radius 3 is 2.65 bits per heavy atom. The third-order valence-corrected chi connectivity index (χ3v) is 5.49. The van der Waals surface area contributed by atoms with Crippen LogP contribution >= 0.6 is 0 Å². The highest BCUT2D eigenvalue weighted by molar-refractivity contribution is 5.97. The van der Waals surface area contributed by atoms with Gasteiger partial charge in [-0.3, -0.25) is 9.78 Å². The van der Waals surface area contributed by atoms with Gasteiger partial charge in [-0.1, -0.05) is 18.6 Å². The van der Waals surface area contributed by atoms with Crippen LogP contribution in [0.4, 0.5) is 0 Å². The van der Waals surface area contributed by atoms with Crippen LogP contribution in [-0.4, -0.2) is 17.0 Å². The summed E-state index contributed by atoms with van der Waals surface area (Å²) >= 11 is 0. The number of aromatic nitrogens is 1. The summed E-state index contributed by atoms with van der Waals surface area (Å²) in [5.74, 6) is 0.644. The lowest BCUT2D eigenvalue weighted by molar-refractivity contribution is 0.0918. The third-order valence-electron chi connectivity index (χ3n) is 5.49. The topological polar surface area (TPSA) is 51.2 Å². The van der Waals surface area contributed by atoms with Crippen LogP contribution in [-0.2, 0) is 5.54 Å². The second-order valence-corrected chi connectivity index (χ2v) is 7.63. The maximum Gasteiger partial charge on any atom is 0.255 e. The fraction of sp³-hybridized carbons (Fsp3) is 0.455. The quantitative estimate of drug-likeness (QED) is 0.862. The number of benzene rings is 1. The second-order valence-electron chi connectivity index (χ2n) is 7.63. The SMILES string of the molecule is Cc1ccc(C(=O)NC2(c3ccccn3)CC2)c(OC2CCCCC2)c1. The number of pyridine rings is 1. The first-order chi connectivity index (χ1) is 12.7. The van der Waals surface area contributed by atoms with Gasteiger partial charge < -0.3 is 10.1 Å². The van der Waals surface area contributed by atoms with Crippen molar-refractivity contribution in [3.05, 3.63) is 59.4 Å². The van der Waals surface area contributed by atoms with Crippen molar-refractivity contribution in [2.24, 2.45) is 0 Å². The van der Waals surface area contributed by atoms with E-state index >= 15 is 0 Å². The zero-order valence-corrected chi connectivity index (χ0v) is 15.3. The molecule has 2 fully saturated rings. The summed E-state index contributed by atoms with van der Waals surface area (Å²) in [6.07, 6.45) is 9.73. The number of carbonyl (C=O) groups is 1. The number of amides is 1. The van der Waals surface area contributed by atoms with Gasteiger partial charge >= 0.3 is 0 Å². The van der Waals surface area contributed by atoms with Gasteiger partial charge in [0.1, 0.15) is 5.75 Å². The summed E-state index contributed by atoms with van der Waals surface area (Å²) in [5.41, 5.74) is 2.36. The number of carbonyl (C=O) groups excluding carboxylic acids is 1. The van der Waals surface area contributed by atoms with E-state index in [4.69, 9.17) is 4.74 Å². The van der Waals surface area contributed by atoms with Crippen molar-refractivity contribution in [3.8, 4) is 5.75 Å². The predicted molar refractivity (Wildman–Crippen MR) is 101 cm³/mol. The monoisotopic (exact) mass is 350 g/mol. The molecule has 1 aromatic heterocycles. The molecular formula is C22H26N2O2. The van der Waals surface area contributed by atoms with Crippen LogP contribution in [0.1, 0.15) is 66.6 Å². The van der Waals surface area contributed by atoms with Crippen LogP contribution in [0, 0.1) is 6.92 Å². The van der Waals surface area contributed by atoms with Gasteiger partial charge in [0.05, 0.1) is 22.9 Å². The molecule has 2 aromatic rings. The van der Waals surface area contributed by atoms with Crippen molar-refractivity contribution in [1.29, 1.82) is 0 Å². The zero-order chi connectivity index (χ0) is 18.0. The molecule has 0 spiro atoms. The number of aryl methyl sites for hydroxylation is 1. The molecule has 1 aromatic carbocycles. The molecule has 4 heteroatoms. The summed E-state index contributed by atoms with van der Waals surface area (Å²) in [6, 6.07) is 11.7. The first kappa shape index (κ1) is 17.1. The van der Waals surface area contributed by atoms with Crippen molar-refractivity contribution in [2.45, 2.75) is 63.5 Å². The molecule has 0 aliphatic heterocycles. The van der Waals surface area contributed by atoms with Crippen LogP contribution in [0.15, 0.2) is 42.6 Å². The Balaban J connectivity index is 1.54. The van der Waals surface area contributed by atoms with Crippen molar-refractivity contribution in [1.82, 2.24) is 10.3 Å². The van der Waals surface area contributed by atoms with E-state index in [2.05, 4.69) is 10.3 Å². The number of hydrogen-bond acceptors (Lipinski definition) is 3. The smallest absolute Gasteiger partial charge is 0.255 e. The van der Waals surface area contributed by atoms with Gasteiger partial charge in [0.25, 0.3) is 5.91 Å². The van der Waals surface area contributed by atoms with E-state index in [9.17, 15) is 4.79 Å². The number of hydrogen-bond donors (Lipinski definition) is 1. The lowest BCUT2D eigenvalue weighted by atomic mass is 9.97. The first-order valence-electron chi connectivity index (χ1n) is 9.68. The molecule has 1 N–H and O–H groups in total. The van der Waals surface area contributed by atoms with Crippen molar-refractivity contribution < 1.29 is 9.53 Å². The van der Waals surface area contributed by atoms with Crippen LogP contribution < -0.4 is 10.1 Å². The predicted octanol–water partition coefficient (Wildman–Crippen LogP) is 4.52. The normalized spacial score (nSPS) is 19.0. The Bertz CT molecular complexity index is 778. The van der Waals surface area contributed by atoms with Gasteiger partial charge in [0, 0.05) is 6.20 Å². The first-order valence-corrected chi connectivity index (χ1v) is 9.68. The molecule has 136 valence electrons. The summed E-state index contributed by atoms with van der Waals surface area (Å²) in [7, 11) is 0. The fourth-order valence-corrected chi connectivity index (χ4v) is 3.78. The molecule has 4 nitrogen and oxygen atoms in total. The van der Waals surface area contributed by atoms with E-state index in [0.717, 1.165) is 36.9 Å². The van der Waals surface area contributed by atoms with Crippen LogP contribution in [0.5, 0.6) is 5.75 Å². The summed E-state index contributed by atoms with van der Waals surface area (Å²) in [5, 5.41) is 3.22. The van der Waals surface area contributed by atoms with E-state index in [0.29, 0.717) is 11.3 Å². The number of nitrogens with one attached hydrogen (secondary N) is 1. The Hall–Kier alpha value is -2.36. The fourth-order valence-electron chi connectivity index (χ4n) is 3.78. The average molecular weight is 350 g/mol. The largest absolute Gasteiger partial charge is 0.490 e. The number of ether oxygens (including phenoxy) is 1. The van der Waals surface area contributed by atoms with Crippen LogP contribution in [0.2, 0.25) is 0 Å². The molecule has 4 rings (SSSR count). The van der Waals surface area contributed by atoms with Gasteiger partial charge in [0.2, 0.25) is 0 Å². The number of rotatable bonds is 5. The second kappa shape index (κ2) is 7.10. The van der Waals surface area contributed by atoms with E-state index in [-0.39, 0.29) is 17.6 Å². The molecule has 0 unspecified atom stereocenters. The van der Waals surface area contributed by atoms with Crippen LogP contribution in [0.3, 0.4) is 0 Å². The molecule has 0 bridgehead atoms. The Kier molecular flexibility index (Phi) is 4.66. The minimum Gasteiger partial charge on any atom is -0.490 e. The van der Waals surface area contributed by atoms with E-state index in [1.807, 2.05) is 43.3 Å². The molecule has 2 aliphatic rings. The highest BCUT2D eigenvalue weighted by atomic mass is 16.5. The van der Waals surface area contributed by atoms with Gasteiger partial charge in [-0.15, -0.1) is 0 Å². The molecule has 2 aliphatic carbocycles. The Labute approximate surface area is 155 Å². The third kappa shape index (κ3) is 3.59. The minimum absolute atomic E-state index is 0.0704. The number of nitrogens with zero attached hydrogens (tertiary/aromatic N) is 1. The van der Waals surface area contributed by atoms with Gasteiger partial charge in [-0.2, -0.15) is 0 Å². The maximum atomic E-state index is 13.0. The summed E-state index contributed by atoms with van der Waals surface area (Å²) in [4.78, 5) is 17.5. The van der Waals surface area contributed by atoms with Crippen molar-refractivity contribution in [3.63, 3.8) is 0 Å². The lowest BCUT2D eigenvalue weighted by Gasteiger charge is -2.25. The standard InChI is InChI=1S/C22H26N2O2/c1-16-10-11-18(19(15-16)26-17-7-3-2-4-8-17)21(25)24-22(12-13-22)20-9-5-6-14-23-20/h5-6,9-11,14-15,17H,2-4,7-8,12-13H2,1H3,(H,24,25). The Morgan fingerprint density at radius 2 is 1.96 bits per heavy atom. The van der Waals surface area contributed by atoms with Gasteiger partial charge in [0.15, 0.2) is 0 Å². The molecule has 0 saturated heterocycles. The molecule has 26 heavy (non-hydrogen) atoms. The lowest BCUT2D eigenvalue weighted by Crippen LogP contribution is -2.36. The molecule has 1 amide bonds. The molecule has 2 saturated carbocycles. The highest BCUT2D eigenvalue weighted by Gasteiger charge is 2.47. The molecular weight excluding hydrogens is 324 g/mol. The van der Waals surface area contributed by atoms with Crippen molar-refractivity contribution >= 4 is 5.91 Å². The molecule has 1 heterocycles. The van der Waals surface area contributed by atoms with Crippen LogP contribution in [0.25, 0.3) is 0 Å². The minimum atomic E-state index is -0.314. The van der Waals surface area contributed by atoms with Crippen molar-refractivity contribution in [2.75, 3.05) is 0 Å². The van der Waals surface area contributed by atoms with Gasteiger partial charge in [-0.05, 0) is 75.3 Å². The summed E-state index contributed by atoms with van der Waals surface area (Å²) in [6.45, 7) is 2.03. The van der Waals surface area contributed by atoms with E-state index in [1.54, 1.807) is 6.20 Å². The van der Waals surface area contributed by atoms with E-state index < -0.39 is 0 Å². The molecule has 0 atom stereocenters. The zero-order valence-electron chi connectivity index (χ0n) is 15.3. The van der Waals surface area contributed by atoms with Gasteiger partial charge in [-0.25, -0.2) is 0 Å². The highest BCUT2D eigenvalue weighted by Crippen LogP contribution is 2.45. The van der Waals surface area contributed by atoms with E-state index in [1.165, 1.54) is 19.3 Å². The molecule has 0 radical (unpaired) electrons.